The maximum Gasteiger partial charge on any atom is 0.103 e. The average molecular weight is 294 g/mol. The van der Waals surface area contributed by atoms with Gasteiger partial charge in [-0.3, -0.25) is 4.98 Å². The predicted octanol–water partition coefficient (Wildman–Crippen LogP) is 4.00. The summed E-state index contributed by atoms with van der Waals surface area (Å²) in [6, 6.07) is 12.5. The Morgan fingerprint density at radius 2 is 1.86 bits per heavy atom. The van der Waals surface area contributed by atoms with Gasteiger partial charge in [-0.15, -0.1) is 0 Å². The second kappa shape index (κ2) is 7.46. The molecule has 0 aliphatic heterocycles. The average Bonchev–Trinajstić information content (AvgIpc) is 2.51. The van der Waals surface area contributed by atoms with E-state index in [0.717, 1.165) is 35.7 Å². The molecule has 0 aliphatic rings. The minimum absolute atomic E-state index is 0.617. The van der Waals surface area contributed by atoms with Crippen molar-refractivity contribution in [3.05, 3.63) is 52.8 Å². The summed E-state index contributed by atoms with van der Waals surface area (Å²) < 4.78 is 0. The van der Waals surface area contributed by atoms with Gasteiger partial charge < -0.3 is 10.6 Å². The van der Waals surface area contributed by atoms with Crippen molar-refractivity contribution in [3.8, 4) is 6.07 Å². The molecule has 0 unspecified atom stereocenters. The van der Waals surface area contributed by atoms with Crippen LogP contribution in [0, 0.1) is 25.2 Å². The third-order valence-corrected chi connectivity index (χ3v) is 3.46. The Labute approximate surface area is 132 Å². The topological polar surface area (TPSA) is 60.7 Å². The number of aromatic nitrogens is 1. The van der Waals surface area contributed by atoms with E-state index >= 15 is 0 Å². The van der Waals surface area contributed by atoms with Crippen molar-refractivity contribution in [3.63, 3.8) is 0 Å². The highest BCUT2D eigenvalue weighted by molar-refractivity contribution is 5.60. The monoisotopic (exact) mass is 294 g/mol. The molecule has 0 amide bonds. The summed E-state index contributed by atoms with van der Waals surface area (Å²) in [7, 11) is 0. The molecule has 0 aliphatic carbocycles. The molecule has 0 radical (unpaired) electrons. The molecule has 0 saturated heterocycles. The summed E-state index contributed by atoms with van der Waals surface area (Å²) in [5.41, 5.74) is 5.46. The van der Waals surface area contributed by atoms with Gasteiger partial charge in [-0.05, 0) is 44.0 Å². The Morgan fingerprint density at radius 3 is 2.50 bits per heavy atom. The highest BCUT2D eigenvalue weighted by Crippen LogP contribution is 2.20. The van der Waals surface area contributed by atoms with E-state index in [-0.39, 0.29) is 0 Å². The van der Waals surface area contributed by atoms with Crippen LogP contribution in [0.2, 0.25) is 0 Å². The largest absolute Gasteiger partial charge is 0.385 e. The fourth-order valence-electron chi connectivity index (χ4n) is 2.32. The summed E-state index contributed by atoms with van der Waals surface area (Å²) >= 11 is 0. The molecule has 0 saturated carbocycles. The zero-order valence-electron chi connectivity index (χ0n) is 13.4. The molecular formula is C18H22N4. The highest BCUT2D eigenvalue weighted by Gasteiger charge is 2.07. The van der Waals surface area contributed by atoms with E-state index in [2.05, 4.69) is 52.9 Å². The smallest absolute Gasteiger partial charge is 0.103 e. The minimum atomic E-state index is 0.617. The second-order valence-electron chi connectivity index (χ2n) is 5.36. The van der Waals surface area contributed by atoms with Gasteiger partial charge in [0.1, 0.15) is 6.07 Å². The van der Waals surface area contributed by atoms with E-state index in [4.69, 9.17) is 0 Å². The van der Waals surface area contributed by atoms with Crippen LogP contribution in [-0.2, 0) is 6.54 Å². The Kier molecular flexibility index (Phi) is 5.37. The molecular weight excluding hydrogens is 272 g/mol. The Morgan fingerprint density at radius 1 is 1.14 bits per heavy atom. The molecule has 114 valence electrons. The summed E-state index contributed by atoms with van der Waals surface area (Å²) in [5.74, 6) is 0. The van der Waals surface area contributed by atoms with E-state index in [1.165, 1.54) is 5.56 Å². The van der Waals surface area contributed by atoms with Crippen LogP contribution in [0.25, 0.3) is 0 Å². The number of hydrogen-bond donors (Lipinski definition) is 2. The van der Waals surface area contributed by atoms with Crippen LogP contribution >= 0.6 is 0 Å². The summed E-state index contributed by atoms with van der Waals surface area (Å²) in [4.78, 5) is 4.33. The maximum atomic E-state index is 9.27. The zero-order chi connectivity index (χ0) is 15.9. The third-order valence-electron chi connectivity index (χ3n) is 3.46. The van der Waals surface area contributed by atoms with Gasteiger partial charge in [0.25, 0.3) is 0 Å². The lowest BCUT2D eigenvalue weighted by atomic mass is 10.1. The first-order valence-electron chi connectivity index (χ1n) is 7.59. The van der Waals surface area contributed by atoms with Crippen LogP contribution in [0.3, 0.4) is 0 Å². The van der Waals surface area contributed by atoms with E-state index < -0.39 is 0 Å². The van der Waals surface area contributed by atoms with Gasteiger partial charge in [-0.2, -0.15) is 5.26 Å². The van der Waals surface area contributed by atoms with Crippen molar-refractivity contribution in [1.82, 2.24) is 4.98 Å². The number of benzene rings is 1. The van der Waals surface area contributed by atoms with E-state index in [9.17, 15) is 5.26 Å². The number of aryl methyl sites for hydroxylation is 2. The summed E-state index contributed by atoms with van der Waals surface area (Å²) in [5, 5.41) is 16.0. The van der Waals surface area contributed by atoms with Crippen molar-refractivity contribution in [2.24, 2.45) is 0 Å². The van der Waals surface area contributed by atoms with Crippen LogP contribution in [0.4, 0.5) is 11.4 Å². The molecule has 2 aromatic rings. The van der Waals surface area contributed by atoms with Crippen LogP contribution in [0.1, 0.15) is 35.9 Å². The molecule has 0 atom stereocenters. The molecule has 22 heavy (non-hydrogen) atoms. The molecule has 1 aromatic heterocycles. The van der Waals surface area contributed by atoms with Gasteiger partial charge in [-0.25, -0.2) is 0 Å². The normalized spacial score (nSPS) is 10.1. The number of hydrogen-bond acceptors (Lipinski definition) is 4. The van der Waals surface area contributed by atoms with Crippen LogP contribution < -0.4 is 10.6 Å². The van der Waals surface area contributed by atoms with Crippen molar-refractivity contribution < 1.29 is 0 Å². The fourth-order valence-corrected chi connectivity index (χ4v) is 2.32. The van der Waals surface area contributed by atoms with Crippen molar-refractivity contribution in [1.29, 1.82) is 5.26 Å². The first-order valence-corrected chi connectivity index (χ1v) is 7.59. The van der Waals surface area contributed by atoms with E-state index in [1.54, 1.807) is 0 Å². The number of nitriles is 1. The number of rotatable bonds is 6. The van der Waals surface area contributed by atoms with Gasteiger partial charge in [0.05, 0.1) is 16.9 Å². The van der Waals surface area contributed by atoms with Gasteiger partial charge in [0, 0.05) is 24.5 Å². The van der Waals surface area contributed by atoms with Crippen LogP contribution in [0.5, 0.6) is 0 Å². The Bertz CT molecular complexity index is 669. The molecule has 0 fully saturated rings. The van der Waals surface area contributed by atoms with Gasteiger partial charge in [0.15, 0.2) is 0 Å². The lowest BCUT2D eigenvalue weighted by molar-refractivity contribution is 0.979. The third kappa shape index (κ3) is 3.98. The number of pyridine rings is 1. The quantitative estimate of drug-likeness (QED) is 0.845. The fraction of sp³-hybridized carbons (Fsp3) is 0.333. The van der Waals surface area contributed by atoms with Crippen molar-refractivity contribution >= 4 is 11.4 Å². The predicted molar refractivity (Wildman–Crippen MR) is 91.0 cm³/mol. The van der Waals surface area contributed by atoms with Crippen LogP contribution in [-0.4, -0.2) is 11.5 Å². The molecule has 4 nitrogen and oxygen atoms in total. The molecule has 2 N–H and O–H groups in total. The number of nitrogens with one attached hydrogen (secondary N) is 2. The standard InChI is InChI=1S/C18H22N4/c1-4-9-20-16-7-5-15(6-8-16)12-21-18-10-13(2)22-14(3)17(18)11-19/h5-8,10,20H,4,9,12H2,1-3H3,(H,21,22). The van der Waals surface area contributed by atoms with Gasteiger partial charge in [-0.1, -0.05) is 19.1 Å². The SMILES string of the molecule is CCCNc1ccc(CNc2cc(C)nc(C)c2C#N)cc1. The summed E-state index contributed by atoms with van der Waals surface area (Å²) in [6.45, 7) is 7.62. The lowest BCUT2D eigenvalue weighted by Crippen LogP contribution is -2.05. The Balaban J connectivity index is 2.06. The second-order valence-corrected chi connectivity index (χ2v) is 5.36. The molecule has 2 rings (SSSR count). The van der Waals surface area contributed by atoms with E-state index in [0.29, 0.717) is 12.1 Å². The zero-order valence-corrected chi connectivity index (χ0v) is 13.4. The molecule has 1 heterocycles. The molecule has 1 aromatic carbocycles. The van der Waals surface area contributed by atoms with Crippen molar-refractivity contribution in [2.75, 3.05) is 17.2 Å². The van der Waals surface area contributed by atoms with E-state index in [1.807, 2.05) is 19.9 Å². The summed E-state index contributed by atoms with van der Waals surface area (Å²) in [6.07, 6.45) is 1.11. The Hall–Kier alpha value is -2.54. The number of nitrogens with zero attached hydrogens (tertiary/aromatic N) is 2. The molecule has 0 spiro atoms. The minimum Gasteiger partial charge on any atom is -0.385 e. The first kappa shape index (κ1) is 15.8. The molecule has 4 heteroatoms. The molecule has 0 bridgehead atoms. The van der Waals surface area contributed by atoms with Crippen molar-refractivity contribution in [2.45, 2.75) is 33.7 Å². The van der Waals surface area contributed by atoms with Gasteiger partial charge >= 0.3 is 0 Å². The van der Waals surface area contributed by atoms with Crippen LogP contribution in [0.15, 0.2) is 30.3 Å². The maximum absolute atomic E-state index is 9.27. The highest BCUT2D eigenvalue weighted by atomic mass is 14.9. The van der Waals surface area contributed by atoms with Gasteiger partial charge in [0.2, 0.25) is 0 Å². The first-order chi connectivity index (χ1) is 10.6. The lowest BCUT2D eigenvalue weighted by Gasteiger charge is -2.11. The number of anilines is 2.